The minimum atomic E-state index is -0.732. The number of rotatable bonds is 13. The van der Waals surface area contributed by atoms with Gasteiger partial charge in [-0.1, -0.05) is 67.7 Å². The lowest BCUT2D eigenvalue weighted by Gasteiger charge is -1.98. The van der Waals surface area contributed by atoms with Gasteiger partial charge in [-0.2, -0.15) is 0 Å². The first-order chi connectivity index (χ1) is 11.2. The van der Waals surface area contributed by atoms with Crippen LogP contribution in [-0.4, -0.2) is 22.3 Å². The van der Waals surface area contributed by atoms with Crippen LogP contribution in [-0.2, 0) is 4.79 Å². The minimum absolute atomic E-state index is 0.238. The molecule has 0 aromatic heterocycles. The third kappa shape index (κ3) is 18.1. The molecule has 128 valence electrons. The van der Waals surface area contributed by atoms with Crippen LogP contribution in [0.2, 0.25) is 0 Å². The zero-order chi connectivity index (χ0) is 17.2. The quantitative estimate of drug-likeness (QED) is 0.286. The predicted molar refractivity (Wildman–Crippen MR) is 97.3 cm³/mol. The third-order valence-corrected chi connectivity index (χ3v) is 3.00. The van der Waals surface area contributed by atoms with Crippen molar-refractivity contribution in [2.24, 2.45) is 0 Å². The fourth-order valence-corrected chi connectivity index (χ4v) is 1.77. The number of aliphatic hydroxyl groups excluding tert-OH is 1. The summed E-state index contributed by atoms with van der Waals surface area (Å²) in [6.07, 6.45) is 24.7. The maximum Gasteiger partial charge on any atom is 0.303 e. The average molecular weight is 318 g/mol. The molecule has 0 rings (SSSR count). The molecular formula is C20H30O3. The molecule has 0 aromatic carbocycles. The summed E-state index contributed by atoms with van der Waals surface area (Å²) in [5.74, 6) is -0.732. The van der Waals surface area contributed by atoms with Crippen LogP contribution in [0.1, 0.15) is 51.9 Å². The van der Waals surface area contributed by atoms with Gasteiger partial charge in [0.05, 0.1) is 6.10 Å². The van der Waals surface area contributed by atoms with Crippen molar-refractivity contribution in [3.8, 4) is 0 Å². The Morgan fingerprint density at radius 1 is 0.957 bits per heavy atom. The van der Waals surface area contributed by atoms with E-state index in [1.54, 1.807) is 6.08 Å². The summed E-state index contributed by atoms with van der Waals surface area (Å²) in [6, 6.07) is 0. The summed E-state index contributed by atoms with van der Waals surface area (Å²) < 4.78 is 0. The maximum atomic E-state index is 10.3. The van der Waals surface area contributed by atoms with Crippen LogP contribution >= 0.6 is 0 Å². The summed E-state index contributed by atoms with van der Waals surface area (Å²) in [5.41, 5.74) is 0. The van der Waals surface area contributed by atoms with Crippen LogP contribution in [0, 0.1) is 0 Å². The average Bonchev–Trinajstić information content (AvgIpc) is 2.51. The molecule has 0 heterocycles. The van der Waals surface area contributed by atoms with Crippen molar-refractivity contribution >= 4 is 5.97 Å². The molecule has 0 aliphatic heterocycles. The highest BCUT2D eigenvalue weighted by atomic mass is 16.4. The lowest BCUT2D eigenvalue weighted by Crippen LogP contribution is -1.98. The van der Waals surface area contributed by atoms with Crippen molar-refractivity contribution in [3.63, 3.8) is 0 Å². The number of carboxylic acids is 1. The molecule has 0 fully saturated rings. The molecule has 0 bridgehead atoms. The van der Waals surface area contributed by atoms with Gasteiger partial charge < -0.3 is 10.2 Å². The van der Waals surface area contributed by atoms with Crippen molar-refractivity contribution in [1.29, 1.82) is 0 Å². The molecular weight excluding hydrogens is 288 g/mol. The first-order valence-corrected chi connectivity index (χ1v) is 8.35. The summed E-state index contributed by atoms with van der Waals surface area (Å²) in [5, 5.41) is 18.1. The monoisotopic (exact) mass is 318 g/mol. The molecule has 0 aliphatic rings. The van der Waals surface area contributed by atoms with Gasteiger partial charge in [0.1, 0.15) is 0 Å². The standard InChI is InChI=1S/C20H30O3/c1-2-3-13-16-19(21)17-14-11-9-7-5-4-6-8-10-12-15-18-20(22)23/h3-5,8-11,13-14,17,19,21H,2,6-7,12,15-16,18H2,1H3,(H,22,23)/b5-4-,10-8+,11-9+,13-3+,17-14+/t19-/m0/s1. The highest BCUT2D eigenvalue weighted by Crippen LogP contribution is 1.99. The van der Waals surface area contributed by atoms with Gasteiger partial charge in [-0.05, 0) is 38.5 Å². The van der Waals surface area contributed by atoms with E-state index in [4.69, 9.17) is 5.11 Å². The van der Waals surface area contributed by atoms with Gasteiger partial charge in [0.15, 0.2) is 0 Å². The largest absolute Gasteiger partial charge is 0.481 e. The fraction of sp³-hybridized carbons (Fsp3) is 0.450. The Hall–Kier alpha value is -1.87. The van der Waals surface area contributed by atoms with E-state index in [1.165, 1.54) is 0 Å². The van der Waals surface area contributed by atoms with Gasteiger partial charge in [0.2, 0.25) is 0 Å². The topological polar surface area (TPSA) is 57.5 Å². The van der Waals surface area contributed by atoms with Gasteiger partial charge in [0, 0.05) is 6.42 Å². The molecule has 0 spiro atoms. The number of aliphatic carboxylic acids is 1. The smallest absolute Gasteiger partial charge is 0.303 e. The molecule has 3 nitrogen and oxygen atoms in total. The second kappa shape index (κ2) is 16.5. The van der Waals surface area contributed by atoms with Gasteiger partial charge in [-0.15, -0.1) is 0 Å². The molecule has 0 amide bonds. The molecule has 0 radical (unpaired) electrons. The summed E-state index contributed by atoms with van der Waals surface area (Å²) in [6.45, 7) is 2.07. The first kappa shape index (κ1) is 21.1. The number of carboxylic acid groups (broad SMARTS) is 1. The molecule has 0 saturated carbocycles. The number of hydrogen-bond acceptors (Lipinski definition) is 2. The second-order valence-corrected chi connectivity index (χ2v) is 5.20. The van der Waals surface area contributed by atoms with Crippen LogP contribution in [0.25, 0.3) is 0 Å². The lowest BCUT2D eigenvalue weighted by atomic mass is 10.2. The SMILES string of the molecule is CC/C=C/C[C@H](O)/C=C/C=C/C/C=C\C/C=C/CCCC(=O)O. The van der Waals surface area contributed by atoms with Crippen LogP contribution in [0.5, 0.6) is 0 Å². The van der Waals surface area contributed by atoms with E-state index in [0.717, 1.165) is 25.7 Å². The van der Waals surface area contributed by atoms with Crippen molar-refractivity contribution in [3.05, 3.63) is 60.8 Å². The van der Waals surface area contributed by atoms with Gasteiger partial charge in [-0.3, -0.25) is 4.79 Å². The number of aliphatic hydroxyl groups is 1. The number of allylic oxidation sites excluding steroid dienone is 8. The lowest BCUT2D eigenvalue weighted by molar-refractivity contribution is -0.137. The van der Waals surface area contributed by atoms with Crippen molar-refractivity contribution in [2.75, 3.05) is 0 Å². The Kier molecular flexibility index (Phi) is 15.2. The Bertz CT molecular complexity index is 428. The van der Waals surface area contributed by atoms with Crippen LogP contribution < -0.4 is 0 Å². The molecule has 2 N–H and O–H groups in total. The third-order valence-electron chi connectivity index (χ3n) is 3.00. The molecule has 0 saturated heterocycles. The van der Waals surface area contributed by atoms with Gasteiger partial charge >= 0.3 is 5.97 Å². The number of unbranched alkanes of at least 4 members (excludes halogenated alkanes) is 1. The van der Waals surface area contributed by atoms with Crippen molar-refractivity contribution < 1.29 is 15.0 Å². The Labute approximate surface area is 140 Å². The zero-order valence-corrected chi connectivity index (χ0v) is 14.1. The molecule has 3 heteroatoms. The Morgan fingerprint density at radius 2 is 1.65 bits per heavy atom. The van der Waals surface area contributed by atoms with E-state index in [-0.39, 0.29) is 6.42 Å². The maximum absolute atomic E-state index is 10.3. The Balaban J connectivity index is 3.63. The highest BCUT2D eigenvalue weighted by Gasteiger charge is 1.93. The minimum Gasteiger partial charge on any atom is -0.481 e. The predicted octanol–water partition coefficient (Wildman–Crippen LogP) is 4.96. The zero-order valence-electron chi connectivity index (χ0n) is 14.1. The van der Waals surface area contributed by atoms with E-state index in [0.29, 0.717) is 12.8 Å². The summed E-state index contributed by atoms with van der Waals surface area (Å²) in [4.78, 5) is 10.3. The van der Waals surface area contributed by atoms with Crippen LogP contribution in [0.15, 0.2) is 60.8 Å². The van der Waals surface area contributed by atoms with Crippen LogP contribution in [0.3, 0.4) is 0 Å². The number of carbonyl (C=O) groups is 1. The van der Waals surface area contributed by atoms with E-state index >= 15 is 0 Å². The first-order valence-electron chi connectivity index (χ1n) is 8.35. The molecule has 0 unspecified atom stereocenters. The normalized spacial score (nSPS) is 14.2. The van der Waals surface area contributed by atoms with E-state index in [2.05, 4.69) is 31.2 Å². The van der Waals surface area contributed by atoms with E-state index in [1.807, 2.05) is 30.4 Å². The summed E-state index contributed by atoms with van der Waals surface area (Å²) in [7, 11) is 0. The van der Waals surface area contributed by atoms with Crippen LogP contribution in [0.4, 0.5) is 0 Å². The highest BCUT2D eigenvalue weighted by molar-refractivity contribution is 5.66. The second-order valence-electron chi connectivity index (χ2n) is 5.20. The molecule has 0 aromatic rings. The van der Waals surface area contributed by atoms with Gasteiger partial charge in [-0.25, -0.2) is 0 Å². The fourth-order valence-electron chi connectivity index (χ4n) is 1.77. The molecule has 0 aliphatic carbocycles. The van der Waals surface area contributed by atoms with Crippen molar-refractivity contribution in [2.45, 2.75) is 58.0 Å². The van der Waals surface area contributed by atoms with Gasteiger partial charge in [0.25, 0.3) is 0 Å². The number of hydrogen-bond donors (Lipinski definition) is 2. The van der Waals surface area contributed by atoms with E-state index < -0.39 is 12.1 Å². The van der Waals surface area contributed by atoms with Crippen molar-refractivity contribution in [1.82, 2.24) is 0 Å². The molecule has 23 heavy (non-hydrogen) atoms. The molecule has 1 atom stereocenters. The Morgan fingerprint density at radius 3 is 2.35 bits per heavy atom. The van der Waals surface area contributed by atoms with E-state index in [9.17, 15) is 9.90 Å². The summed E-state index contributed by atoms with van der Waals surface area (Å²) >= 11 is 0.